The second-order valence-electron chi connectivity index (χ2n) is 3.70. The van der Waals surface area contributed by atoms with Crippen LogP contribution in [-0.4, -0.2) is 33.1 Å². The molecule has 3 atom stereocenters. The molecule has 4 nitrogen and oxygen atoms in total. The molecule has 1 aliphatic carbocycles. The summed E-state index contributed by atoms with van der Waals surface area (Å²) in [6, 6.07) is 0. The number of hydrogen-bond donors (Lipinski definition) is 0. The molecule has 86 valence electrons. The molecule has 0 unspecified atom stereocenters. The van der Waals surface area contributed by atoms with Gasteiger partial charge in [0.1, 0.15) is 6.79 Å². The van der Waals surface area contributed by atoms with Crippen LogP contribution in [0.4, 0.5) is 0 Å². The monoisotopic (exact) mass is 214 g/mol. The van der Waals surface area contributed by atoms with Crippen LogP contribution in [0.3, 0.4) is 0 Å². The summed E-state index contributed by atoms with van der Waals surface area (Å²) < 4.78 is 15.0. The van der Waals surface area contributed by atoms with Crippen LogP contribution in [0.1, 0.15) is 12.8 Å². The molecular weight excluding hydrogens is 196 g/mol. The average Bonchev–Trinajstić information content (AvgIpc) is 2.68. The molecule has 1 rings (SSSR count). The van der Waals surface area contributed by atoms with E-state index in [4.69, 9.17) is 14.2 Å². The minimum absolute atomic E-state index is 0.0667. The summed E-state index contributed by atoms with van der Waals surface area (Å²) in [5.41, 5.74) is 0. The minimum Gasteiger partial charge on any atom is -0.469 e. The van der Waals surface area contributed by atoms with Gasteiger partial charge in [-0.05, 0) is 18.8 Å². The van der Waals surface area contributed by atoms with E-state index in [9.17, 15) is 4.79 Å². The van der Waals surface area contributed by atoms with Crippen molar-refractivity contribution in [2.24, 2.45) is 11.8 Å². The fraction of sp³-hybridized carbons (Fsp3) is 0.727. The van der Waals surface area contributed by atoms with E-state index in [1.807, 2.05) is 0 Å². The lowest BCUT2D eigenvalue weighted by atomic mass is 9.97. The summed E-state index contributed by atoms with van der Waals surface area (Å²) in [4.78, 5) is 11.4. The lowest BCUT2D eigenvalue weighted by Gasteiger charge is -2.11. The Labute approximate surface area is 90.2 Å². The molecule has 0 aromatic heterocycles. The molecule has 1 aliphatic rings. The van der Waals surface area contributed by atoms with Crippen LogP contribution in [0.15, 0.2) is 12.7 Å². The van der Waals surface area contributed by atoms with Gasteiger partial charge in [0.05, 0.1) is 19.1 Å². The summed E-state index contributed by atoms with van der Waals surface area (Å²) in [5.74, 6) is -0.142. The Hall–Kier alpha value is -0.870. The van der Waals surface area contributed by atoms with Gasteiger partial charge < -0.3 is 14.2 Å². The van der Waals surface area contributed by atoms with Crippen molar-refractivity contribution >= 4 is 5.97 Å². The number of methoxy groups -OCH3 is 2. The SMILES string of the molecule is C=C[C@@H]1C[C@H](OCOC)C[C@H]1C(=O)OC. The fourth-order valence-electron chi connectivity index (χ4n) is 2.01. The van der Waals surface area contributed by atoms with E-state index in [2.05, 4.69) is 6.58 Å². The molecule has 0 saturated heterocycles. The highest BCUT2D eigenvalue weighted by Crippen LogP contribution is 2.35. The van der Waals surface area contributed by atoms with E-state index < -0.39 is 0 Å². The van der Waals surface area contributed by atoms with Gasteiger partial charge in [-0.1, -0.05) is 6.08 Å². The Morgan fingerprint density at radius 2 is 2.20 bits per heavy atom. The van der Waals surface area contributed by atoms with E-state index in [-0.39, 0.29) is 30.7 Å². The number of hydrogen-bond acceptors (Lipinski definition) is 4. The van der Waals surface area contributed by atoms with Crippen LogP contribution in [-0.2, 0) is 19.0 Å². The standard InChI is InChI=1S/C11H18O4/c1-4-8-5-9(15-7-13-2)6-10(8)11(12)14-3/h4,8-10H,1,5-7H2,2-3H3/t8-,9+,10-/m1/s1. The Kier molecular flexibility index (Phi) is 4.78. The Morgan fingerprint density at radius 3 is 2.73 bits per heavy atom. The third-order valence-corrected chi connectivity index (χ3v) is 2.80. The maximum atomic E-state index is 11.4. The van der Waals surface area contributed by atoms with Crippen molar-refractivity contribution in [2.45, 2.75) is 18.9 Å². The van der Waals surface area contributed by atoms with Crippen molar-refractivity contribution in [1.82, 2.24) is 0 Å². The largest absolute Gasteiger partial charge is 0.469 e. The van der Waals surface area contributed by atoms with Crippen molar-refractivity contribution in [3.8, 4) is 0 Å². The Balaban J connectivity index is 2.50. The zero-order chi connectivity index (χ0) is 11.3. The average molecular weight is 214 g/mol. The highest BCUT2D eigenvalue weighted by molar-refractivity contribution is 5.73. The van der Waals surface area contributed by atoms with Gasteiger partial charge in [0, 0.05) is 7.11 Å². The number of carbonyl (C=O) groups excluding carboxylic acids is 1. The first-order valence-electron chi connectivity index (χ1n) is 5.03. The summed E-state index contributed by atoms with van der Waals surface area (Å²) in [5, 5.41) is 0. The number of allylic oxidation sites excluding steroid dienone is 1. The van der Waals surface area contributed by atoms with Gasteiger partial charge in [-0.15, -0.1) is 6.58 Å². The molecule has 4 heteroatoms. The van der Waals surface area contributed by atoms with Gasteiger partial charge in [0.15, 0.2) is 0 Å². The molecule has 0 heterocycles. The van der Waals surface area contributed by atoms with Crippen molar-refractivity contribution in [3.63, 3.8) is 0 Å². The number of ether oxygens (including phenoxy) is 3. The predicted octanol–water partition coefficient (Wildman–Crippen LogP) is 1.36. The van der Waals surface area contributed by atoms with Gasteiger partial charge in [-0.3, -0.25) is 4.79 Å². The van der Waals surface area contributed by atoms with Gasteiger partial charge in [0.25, 0.3) is 0 Å². The third-order valence-electron chi connectivity index (χ3n) is 2.80. The molecule has 0 N–H and O–H groups in total. The number of esters is 1. The summed E-state index contributed by atoms with van der Waals surface area (Å²) in [7, 11) is 2.99. The van der Waals surface area contributed by atoms with Crippen molar-refractivity contribution in [3.05, 3.63) is 12.7 Å². The van der Waals surface area contributed by atoms with E-state index in [1.54, 1.807) is 13.2 Å². The van der Waals surface area contributed by atoms with Gasteiger partial charge >= 0.3 is 5.97 Å². The van der Waals surface area contributed by atoms with Crippen LogP contribution >= 0.6 is 0 Å². The second kappa shape index (κ2) is 5.88. The van der Waals surface area contributed by atoms with Crippen LogP contribution in [0.5, 0.6) is 0 Å². The maximum Gasteiger partial charge on any atom is 0.309 e. The summed E-state index contributed by atoms with van der Waals surface area (Å²) in [6.45, 7) is 4.00. The third kappa shape index (κ3) is 3.04. The lowest BCUT2D eigenvalue weighted by molar-refractivity contribution is -0.146. The molecular formula is C11H18O4. The second-order valence-corrected chi connectivity index (χ2v) is 3.70. The molecule has 1 saturated carbocycles. The summed E-state index contributed by atoms with van der Waals surface area (Å²) in [6.07, 6.45) is 3.37. The van der Waals surface area contributed by atoms with Gasteiger partial charge in [-0.2, -0.15) is 0 Å². The number of rotatable bonds is 5. The highest BCUT2D eigenvalue weighted by Gasteiger charge is 2.38. The maximum absolute atomic E-state index is 11.4. The zero-order valence-electron chi connectivity index (χ0n) is 9.27. The van der Waals surface area contributed by atoms with Crippen molar-refractivity contribution in [2.75, 3.05) is 21.0 Å². The van der Waals surface area contributed by atoms with E-state index in [0.29, 0.717) is 6.42 Å². The predicted molar refractivity (Wildman–Crippen MR) is 55.2 cm³/mol. The lowest BCUT2D eigenvalue weighted by Crippen LogP contribution is -2.19. The van der Waals surface area contributed by atoms with Crippen molar-refractivity contribution < 1.29 is 19.0 Å². The smallest absolute Gasteiger partial charge is 0.309 e. The molecule has 0 bridgehead atoms. The molecule has 1 fully saturated rings. The molecule has 0 aromatic rings. The Bertz CT molecular complexity index is 227. The summed E-state index contributed by atoms with van der Waals surface area (Å²) >= 11 is 0. The molecule has 0 radical (unpaired) electrons. The zero-order valence-corrected chi connectivity index (χ0v) is 9.27. The first-order valence-corrected chi connectivity index (χ1v) is 5.03. The molecule has 0 aromatic carbocycles. The Morgan fingerprint density at radius 1 is 1.47 bits per heavy atom. The molecule has 15 heavy (non-hydrogen) atoms. The first-order chi connectivity index (χ1) is 7.22. The minimum atomic E-state index is -0.177. The van der Waals surface area contributed by atoms with Crippen LogP contribution in [0, 0.1) is 11.8 Å². The topological polar surface area (TPSA) is 44.8 Å². The fourth-order valence-corrected chi connectivity index (χ4v) is 2.01. The normalized spacial score (nSPS) is 30.1. The van der Waals surface area contributed by atoms with E-state index >= 15 is 0 Å². The van der Waals surface area contributed by atoms with Gasteiger partial charge in [0.2, 0.25) is 0 Å². The molecule has 0 amide bonds. The number of carbonyl (C=O) groups is 1. The van der Waals surface area contributed by atoms with E-state index in [0.717, 1.165) is 6.42 Å². The quantitative estimate of drug-likeness (QED) is 0.394. The van der Waals surface area contributed by atoms with Gasteiger partial charge in [-0.25, -0.2) is 0 Å². The van der Waals surface area contributed by atoms with E-state index in [1.165, 1.54) is 7.11 Å². The van der Waals surface area contributed by atoms with Crippen LogP contribution < -0.4 is 0 Å². The van der Waals surface area contributed by atoms with Crippen molar-refractivity contribution in [1.29, 1.82) is 0 Å². The first kappa shape index (κ1) is 12.2. The molecule has 0 aliphatic heterocycles. The van der Waals surface area contributed by atoms with Crippen LogP contribution in [0.2, 0.25) is 0 Å². The highest BCUT2D eigenvalue weighted by atomic mass is 16.7. The molecule has 0 spiro atoms. The van der Waals surface area contributed by atoms with Crippen LogP contribution in [0.25, 0.3) is 0 Å².